The quantitative estimate of drug-likeness (QED) is 0.0376. The Hall–Kier alpha value is -6.72. The molecule has 2 amide bonds. The first-order chi connectivity index (χ1) is 32.4. The Morgan fingerprint density at radius 2 is 1.61 bits per heavy atom. The van der Waals surface area contributed by atoms with Crippen molar-refractivity contribution in [3.05, 3.63) is 87.1 Å². The summed E-state index contributed by atoms with van der Waals surface area (Å²) in [5, 5.41) is 20.5. The van der Waals surface area contributed by atoms with Gasteiger partial charge in [-0.2, -0.15) is 31.6 Å². The standard InChI is InChI=1S/C19H15ClF3NO7.C14H17N5O7S2.C5H12NO4P/c1-3-29-17(25)10(2)30-18(26)13-9-12(5-6-15(13)24(27)28)31-16-7-4-11(8-14(16)20)19(21,22)23;1-4-27(21,22)9-6-5-7-15-12(9)28(23,24)19-14(20)18-13-16-10(25-2)8-11(17-13)26-3;1-11(9,10)3-2-4(6)5(7)8/h4-10H,3H2,1-2H3;5-8H,4H2,1-3H3,(H2,16,17,18,19,20);4H,2-3,6H2,1H3,(H,7,8)(H,9,10). The first-order valence-electron chi connectivity index (χ1n) is 19.4. The van der Waals surface area contributed by atoms with Gasteiger partial charge in [0.1, 0.15) is 28.0 Å². The number of rotatable bonds is 18. The van der Waals surface area contributed by atoms with Crippen LogP contribution >= 0.6 is 19.0 Å². The van der Waals surface area contributed by atoms with Crippen molar-refractivity contribution in [2.24, 2.45) is 5.73 Å². The van der Waals surface area contributed by atoms with Crippen molar-refractivity contribution in [2.75, 3.05) is 44.7 Å². The number of anilines is 1. The first kappa shape index (κ1) is 59.4. The molecule has 0 saturated carbocycles. The number of sulfone groups is 1. The summed E-state index contributed by atoms with van der Waals surface area (Å²) >= 11 is 5.83. The topological polar surface area (TPSA) is 372 Å². The molecule has 0 radical (unpaired) electrons. The third kappa shape index (κ3) is 18.6. The molecule has 384 valence electrons. The van der Waals surface area contributed by atoms with Crippen LogP contribution in [0.2, 0.25) is 5.02 Å². The van der Waals surface area contributed by atoms with Crippen molar-refractivity contribution < 1.29 is 92.4 Å². The third-order valence-electron chi connectivity index (χ3n) is 8.20. The summed E-state index contributed by atoms with van der Waals surface area (Å²) < 4.78 is 125. The summed E-state index contributed by atoms with van der Waals surface area (Å²) in [4.78, 5) is 76.1. The van der Waals surface area contributed by atoms with Crippen LogP contribution in [0.25, 0.3) is 0 Å². The predicted molar refractivity (Wildman–Crippen MR) is 238 cm³/mol. The Morgan fingerprint density at radius 1 is 1.00 bits per heavy atom. The van der Waals surface area contributed by atoms with E-state index in [-0.39, 0.29) is 59.2 Å². The number of hydrogen-bond donors (Lipinski definition) is 5. The SMILES string of the molecule is CCOC(=O)C(C)OC(=O)c1cc(Oc2ccc(C(F)(F)F)cc2Cl)ccc1[N+](=O)[O-].CCS(=O)(=O)c1cccnc1S(=O)(=O)NC(=O)Nc1nc(OC)cc(OC)n1.CP(=O)(O)CCC(N)C(=O)O. The number of nitrogens with one attached hydrogen (secondary N) is 2. The van der Waals surface area contributed by atoms with Gasteiger partial charge in [-0.15, -0.1) is 0 Å². The zero-order valence-corrected chi connectivity index (χ0v) is 40.6. The Kier molecular flexibility index (Phi) is 21.9. The number of methoxy groups -OCH3 is 2. The molecule has 0 aliphatic heterocycles. The highest BCUT2D eigenvalue weighted by atomic mass is 35.5. The minimum atomic E-state index is -4.61. The summed E-state index contributed by atoms with van der Waals surface area (Å²) in [5.41, 5.74) is 2.92. The minimum Gasteiger partial charge on any atom is -0.481 e. The number of aliphatic carboxylic acids is 1. The van der Waals surface area contributed by atoms with E-state index in [1.807, 2.05) is 0 Å². The summed E-state index contributed by atoms with van der Waals surface area (Å²) in [6.45, 7) is 5.35. The molecule has 25 nitrogen and oxygen atoms in total. The van der Waals surface area contributed by atoms with Crippen molar-refractivity contribution in [3.8, 4) is 23.3 Å². The van der Waals surface area contributed by atoms with Gasteiger partial charge >= 0.3 is 30.1 Å². The molecule has 2 aromatic carbocycles. The van der Waals surface area contributed by atoms with E-state index >= 15 is 0 Å². The molecule has 4 rings (SSSR count). The number of halogens is 4. The van der Waals surface area contributed by atoms with Gasteiger partial charge in [0.15, 0.2) is 28.3 Å². The van der Waals surface area contributed by atoms with E-state index in [1.165, 1.54) is 46.9 Å². The molecule has 0 aliphatic carbocycles. The van der Waals surface area contributed by atoms with Crippen molar-refractivity contribution >= 4 is 74.4 Å². The van der Waals surface area contributed by atoms with Gasteiger partial charge in [-0.25, -0.2) is 32.5 Å². The van der Waals surface area contributed by atoms with E-state index < -0.39 is 101 Å². The van der Waals surface area contributed by atoms with Crippen LogP contribution in [0.3, 0.4) is 0 Å². The van der Waals surface area contributed by atoms with E-state index in [9.17, 15) is 63.9 Å². The average Bonchev–Trinajstić information content (AvgIpc) is 3.28. The molecule has 6 N–H and O–H groups in total. The lowest BCUT2D eigenvalue weighted by molar-refractivity contribution is -0.385. The van der Waals surface area contributed by atoms with Crippen LogP contribution in [0, 0.1) is 10.1 Å². The number of alkyl halides is 3. The van der Waals surface area contributed by atoms with Crippen LogP contribution in [0.4, 0.5) is 29.6 Å². The van der Waals surface area contributed by atoms with Crippen molar-refractivity contribution in [1.82, 2.24) is 19.7 Å². The van der Waals surface area contributed by atoms with Crippen LogP contribution in [-0.2, 0) is 49.7 Å². The number of hydrogen-bond acceptors (Lipinski definition) is 20. The Morgan fingerprint density at radius 3 is 2.11 bits per heavy atom. The molecular formula is C38H44ClF3N7O18PS2. The van der Waals surface area contributed by atoms with Gasteiger partial charge in [0.25, 0.3) is 15.7 Å². The molecule has 3 atom stereocenters. The smallest absolute Gasteiger partial charge is 0.416 e. The zero-order chi connectivity index (χ0) is 53.4. The van der Waals surface area contributed by atoms with E-state index in [0.717, 1.165) is 42.6 Å². The number of amides is 2. The number of pyridine rings is 1. The summed E-state index contributed by atoms with van der Waals surface area (Å²) in [5.74, 6) is -4.02. The maximum atomic E-state index is 12.8. The largest absolute Gasteiger partial charge is 0.481 e. The number of esters is 2. The molecule has 0 aliphatic rings. The number of carboxylic acid groups (broad SMARTS) is 1. The van der Waals surface area contributed by atoms with Crippen molar-refractivity contribution in [1.29, 1.82) is 0 Å². The van der Waals surface area contributed by atoms with Crippen molar-refractivity contribution in [2.45, 2.75) is 55.4 Å². The van der Waals surface area contributed by atoms with Gasteiger partial charge in [-0.1, -0.05) is 18.5 Å². The highest BCUT2D eigenvalue weighted by Crippen LogP contribution is 2.38. The highest BCUT2D eigenvalue weighted by Gasteiger charge is 2.32. The average molecular weight is 1070 g/mol. The number of sulfonamides is 1. The number of aromatic nitrogens is 3. The number of nitro benzene ring substituents is 1. The van der Waals surface area contributed by atoms with E-state index in [0.29, 0.717) is 6.07 Å². The number of ether oxygens (including phenoxy) is 5. The first-order valence-corrected chi connectivity index (χ1v) is 25.2. The van der Waals surface area contributed by atoms with Crippen LogP contribution in [-0.4, -0.2) is 122 Å². The Balaban J connectivity index is 0.000000398. The summed E-state index contributed by atoms with van der Waals surface area (Å²) in [6, 6.07) is 6.82. The van der Waals surface area contributed by atoms with Crippen molar-refractivity contribution in [3.63, 3.8) is 0 Å². The highest BCUT2D eigenvalue weighted by molar-refractivity contribution is 7.93. The van der Waals surface area contributed by atoms with E-state index in [4.69, 9.17) is 51.0 Å². The van der Waals surface area contributed by atoms with Gasteiger partial charge < -0.3 is 39.4 Å². The number of urea groups is 1. The fourth-order valence-electron chi connectivity index (χ4n) is 4.76. The number of nitrogens with two attached hydrogens (primary N) is 1. The lowest BCUT2D eigenvalue weighted by Gasteiger charge is -2.13. The molecular weight excluding hydrogens is 1030 g/mol. The van der Waals surface area contributed by atoms with Gasteiger partial charge in [0.05, 0.1) is 48.2 Å². The van der Waals surface area contributed by atoms with Crippen LogP contribution in [0.15, 0.2) is 70.7 Å². The molecule has 4 aromatic rings. The second-order valence-electron chi connectivity index (χ2n) is 13.5. The molecule has 0 saturated heterocycles. The third-order valence-corrected chi connectivity index (χ3v) is 12.8. The number of nitro groups is 1. The Labute approximate surface area is 401 Å². The minimum absolute atomic E-state index is 0.0398. The molecule has 0 fully saturated rings. The van der Waals surface area contributed by atoms with Crippen LogP contribution < -0.4 is 30.0 Å². The van der Waals surface area contributed by atoms with Gasteiger partial charge in [0, 0.05) is 31.2 Å². The fourth-order valence-corrected chi connectivity index (χ4v) is 8.28. The maximum absolute atomic E-state index is 12.8. The predicted octanol–water partition coefficient (Wildman–Crippen LogP) is 5.05. The normalized spacial score (nSPS) is 12.9. The van der Waals surface area contributed by atoms with Crippen LogP contribution in [0.1, 0.15) is 43.1 Å². The lowest BCUT2D eigenvalue weighted by Crippen LogP contribution is -2.36. The number of carbonyl (C=O) groups excluding carboxylic acids is 3. The number of benzene rings is 2. The molecule has 32 heteroatoms. The fraction of sp³-hybridized carbons (Fsp3) is 0.342. The van der Waals surface area contributed by atoms with Gasteiger partial charge in [-0.05, 0) is 56.7 Å². The molecule has 2 aromatic heterocycles. The van der Waals surface area contributed by atoms with Gasteiger partial charge in [-0.3, -0.25) is 24.8 Å². The molecule has 3 unspecified atom stereocenters. The number of carbonyl (C=O) groups is 4. The van der Waals surface area contributed by atoms with E-state index in [1.54, 1.807) is 11.6 Å². The maximum Gasteiger partial charge on any atom is 0.416 e. The number of nitrogens with zero attached hydrogens (tertiary/aromatic N) is 4. The summed E-state index contributed by atoms with van der Waals surface area (Å²) in [6.07, 6.45) is -4.85. The molecule has 0 spiro atoms. The monoisotopic (exact) mass is 1070 g/mol. The lowest BCUT2D eigenvalue weighted by atomic mass is 10.1. The number of carboxylic acids is 1. The Bertz CT molecular complexity index is 2800. The summed E-state index contributed by atoms with van der Waals surface area (Å²) in [7, 11) is -8.95. The molecule has 70 heavy (non-hydrogen) atoms. The van der Waals surface area contributed by atoms with Gasteiger partial charge in [0.2, 0.25) is 17.7 Å². The zero-order valence-electron chi connectivity index (χ0n) is 37.3. The second-order valence-corrected chi connectivity index (χ2v) is 20.3. The molecule has 0 bridgehead atoms. The van der Waals surface area contributed by atoms with E-state index in [2.05, 4.69) is 20.3 Å². The van der Waals surface area contributed by atoms with Crippen LogP contribution in [0.5, 0.6) is 23.3 Å². The second kappa shape index (κ2) is 25.8. The molecule has 2 heterocycles.